The molecule has 4 N–H and O–H groups in total. The minimum atomic E-state index is -1.53. The van der Waals surface area contributed by atoms with Crippen LogP contribution in [0.1, 0.15) is 0 Å². The number of nitrogen functional groups attached to an aromatic ring is 1. The molecule has 0 aliphatic rings. The van der Waals surface area contributed by atoms with E-state index in [1.165, 1.54) is 36.4 Å². The molecule has 8 nitrogen and oxygen atoms in total. The number of benzene rings is 2. The fourth-order valence-corrected chi connectivity index (χ4v) is 1.89. The van der Waals surface area contributed by atoms with Crippen LogP contribution in [0.2, 0.25) is 5.02 Å². The van der Waals surface area contributed by atoms with E-state index in [9.17, 15) is 14.9 Å². The first kappa shape index (κ1) is 15.4. The van der Waals surface area contributed by atoms with Crippen molar-refractivity contribution in [1.82, 2.24) is 0 Å². The van der Waals surface area contributed by atoms with Crippen molar-refractivity contribution in [2.24, 2.45) is 0 Å². The fourth-order valence-electron chi connectivity index (χ4n) is 1.73. The second kappa shape index (κ2) is 6.19. The molecule has 0 saturated heterocycles. The van der Waals surface area contributed by atoms with Crippen molar-refractivity contribution in [3.05, 3.63) is 51.5 Å². The number of ether oxygens (including phenoxy) is 1. The normalized spacial score (nSPS) is 10.0. The minimum absolute atomic E-state index is 0.0777. The Morgan fingerprint density at radius 2 is 1.95 bits per heavy atom. The first-order chi connectivity index (χ1) is 10.4. The van der Waals surface area contributed by atoms with Crippen LogP contribution in [-0.4, -0.2) is 16.2 Å². The Morgan fingerprint density at radius 1 is 1.27 bits per heavy atom. The molecule has 0 amide bonds. The lowest BCUT2D eigenvalue weighted by molar-refractivity contribution is -0.383. The smallest absolute Gasteiger partial charge is 0.449 e. The van der Waals surface area contributed by atoms with E-state index in [2.05, 4.69) is 10.1 Å². The molecule has 0 aliphatic heterocycles. The molecule has 0 saturated carbocycles. The van der Waals surface area contributed by atoms with Crippen molar-refractivity contribution in [3.63, 3.8) is 0 Å². The van der Waals surface area contributed by atoms with Crippen LogP contribution in [0.25, 0.3) is 0 Å². The molecule has 0 atom stereocenters. The van der Waals surface area contributed by atoms with Crippen LogP contribution >= 0.6 is 11.6 Å². The molecule has 9 heteroatoms. The zero-order valence-electron chi connectivity index (χ0n) is 10.9. The molecule has 0 aliphatic carbocycles. The minimum Gasteiger partial charge on any atom is -0.449 e. The predicted molar refractivity (Wildman–Crippen MR) is 80.9 cm³/mol. The Kier molecular flexibility index (Phi) is 4.33. The van der Waals surface area contributed by atoms with Crippen LogP contribution in [0, 0.1) is 10.1 Å². The maximum atomic E-state index is 11.0. The summed E-state index contributed by atoms with van der Waals surface area (Å²) in [5, 5.41) is 22.8. The van der Waals surface area contributed by atoms with E-state index < -0.39 is 11.1 Å². The first-order valence-electron chi connectivity index (χ1n) is 5.88. The first-order valence-corrected chi connectivity index (χ1v) is 6.26. The topological polar surface area (TPSA) is 128 Å². The number of hydrogen-bond donors (Lipinski definition) is 3. The van der Waals surface area contributed by atoms with Crippen molar-refractivity contribution < 1.29 is 19.6 Å². The van der Waals surface area contributed by atoms with Gasteiger partial charge in [-0.3, -0.25) is 10.1 Å². The van der Waals surface area contributed by atoms with Gasteiger partial charge >= 0.3 is 6.16 Å². The largest absolute Gasteiger partial charge is 0.511 e. The Hall–Kier alpha value is -3.00. The Balaban J connectivity index is 2.43. The molecule has 0 unspecified atom stereocenters. The van der Waals surface area contributed by atoms with Gasteiger partial charge in [0.15, 0.2) is 5.75 Å². The van der Waals surface area contributed by atoms with Crippen molar-refractivity contribution in [2.45, 2.75) is 0 Å². The van der Waals surface area contributed by atoms with Crippen molar-refractivity contribution in [3.8, 4) is 5.75 Å². The number of hydrogen-bond acceptors (Lipinski definition) is 6. The molecule has 0 spiro atoms. The number of nitro benzene ring substituents is 1. The monoisotopic (exact) mass is 323 g/mol. The summed E-state index contributed by atoms with van der Waals surface area (Å²) in [4.78, 5) is 21.1. The van der Waals surface area contributed by atoms with Gasteiger partial charge in [0.2, 0.25) is 0 Å². The summed E-state index contributed by atoms with van der Waals surface area (Å²) in [5.41, 5.74) is 5.84. The number of rotatable bonds is 4. The maximum Gasteiger partial charge on any atom is 0.511 e. The summed E-state index contributed by atoms with van der Waals surface area (Å²) in [5.74, 6) is -0.0777. The van der Waals surface area contributed by atoms with Crippen LogP contribution in [0.3, 0.4) is 0 Å². The van der Waals surface area contributed by atoms with E-state index in [4.69, 9.17) is 22.4 Å². The van der Waals surface area contributed by atoms with Gasteiger partial charge in [-0.25, -0.2) is 4.79 Å². The van der Waals surface area contributed by atoms with Gasteiger partial charge in [0, 0.05) is 22.8 Å². The zero-order valence-corrected chi connectivity index (χ0v) is 11.7. The molecule has 2 rings (SSSR count). The van der Waals surface area contributed by atoms with E-state index in [0.717, 1.165) is 0 Å². The van der Waals surface area contributed by atoms with Gasteiger partial charge in [-0.15, -0.1) is 0 Å². The Labute approximate surface area is 129 Å². The molecule has 0 bridgehead atoms. The summed E-state index contributed by atoms with van der Waals surface area (Å²) in [6.45, 7) is 0. The summed E-state index contributed by atoms with van der Waals surface area (Å²) in [6.07, 6.45) is -1.53. The number of nitrogens with two attached hydrogens (primary N) is 1. The molecule has 2 aromatic carbocycles. The average Bonchev–Trinajstić information content (AvgIpc) is 2.42. The van der Waals surface area contributed by atoms with Crippen molar-refractivity contribution in [2.75, 3.05) is 11.1 Å². The van der Waals surface area contributed by atoms with Gasteiger partial charge in [0.05, 0.1) is 10.6 Å². The van der Waals surface area contributed by atoms with Crippen molar-refractivity contribution in [1.29, 1.82) is 0 Å². The molecule has 0 heterocycles. The standard InChI is InChI=1S/C13H10ClN3O5/c14-7-1-3-10(12(5-7)22-13(18)19)16-9-4-2-8(15)6-11(9)17(20)21/h1-6,16H,15H2,(H,18,19). The highest BCUT2D eigenvalue weighted by Gasteiger charge is 2.17. The van der Waals surface area contributed by atoms with Gasteiger partial charge in [-0.05, 0) is 24.3 Å². The van der Waals surface area contributed by atoms with Gasteiger partial charge in [0.1, 0.15) is 5.69 Å². The van der Waals surface area contributed by atoms with Gasteiger partial charge in [0.25, 0.3) is 5.69 Å². The third-order valence-electron chi connectivity index (χ3n) is 2.63. The predicted octanol–water partition coefficient (Wildman–Crippen LogP) is 3.63. The van der Waals surface area contributed by atoms with E-state index >= 15 is 0 Å². The zero-order chi connectivity index (χ0) is 16.3. The van der Waals surface area contributed by atoms with Crippen molar-refractivity contribution >= 4 is 40.5 Å². The average molecular weight is 324 g/mol. The summed E-state index contributed by atoms with van der Waals surface area (Å²) < 4.78 is 4.60. The lowest BCUT2D eigenvalue weighted by Gasteiger charge is -2.11. The van der Waals surface area contributed by atoms with E-state index in [-0.39, 0.29) is 33.5 Å². The lowest BCUT2D eigenvalue weighted by atomic mass is 10.2. The maximum absolute atomic E-state index is 11.0. The highest BCUT2D eigenvalue weighted by Crippen LogP contribution is 2.35. The van der Waals surface area contributed by atoms with Crippen LogP contribution in [0.15, 0.2) is 36.4 Å². The highest BCUT2D eigenvalue weighted by atomic mass is 35.5. The summed E-state index contributed by atoms with van der Waals surface area (Å²) in [7, 11) is 0. The second-order valence-electron chi connectivity index (χ2n) is 4.17. The molecule has 0 fully saturated rings. The molecule has 2 aromatic rings. The summed E-state index contributed by atoms with van der Waals surface area (Å²) >= 11 is 5.78. The van der Waals surface area contributed by atoms with Gasteiger partial charge in [-0.2, -0.15) is 0 Å². The molecule has 0 aromatic heterocycles. The molecule has 0 radical (unpaired) electrons. The third kappa shape index (κ3) is 3.55. The Morgan fingerprint density at radius 3 is 2.59 bits per heavy atom. The number of anilines is 3. The number of nitrogens with zero attached hydrogens (tertiary/aromatic N) is 1. The second-order valence-corrected chi connectivity index (χ2v) is 4.60. The van der Waals surface area contributed by atoms with E-state index in [1.807, 2.05) is 0 Å². The van der Waals surface area contributed by atoms with Gasteiger partial charge in [-0.1, -0.05) is 11.6 Å². The van der Waals surface area contributed by atoms with Crippen LogP contribution in [0.5, 0.6) is 5.75 Å². The number of halogens is 1. The number of carbonyl (C=O) groups is 1. The number of carboxylic acid groups (broad SMARTS) is 1. The van der Waals surface area contributed by atoms with Crippen LogP contribution in [0.4, 0.5) is 27.5 Å². The van der Waals surface area contributed by atoms with Gasteiger partial charge < -0.3 is 20.9 Å². The van der Waals surface area contributed by atoms with Crippen LogP contribution in [-0.2, 0) is 0 Å². The van der Waals surface area contributed by atoms with E-state index in [0.29, 0.717) is 0 Å². The van der Waals surface area contributed by atoms with Crippen LogP contribution < -0.4 is 15.8 Å². The third-order valence-corrected chi connectivity index (χ3v) is 2.86. The number of nitro groups is 1. The highest BCUT2D eigenvalue weighted by molar-refractivity contribution is 6.30. The summed E-state index contributed by atoms with van der Waals surface area (Å²) in [6, 6.07) is 8.29. The molecule has 114 valence electrons. The lowest BCUT2D eigenvalue weighted by Crippen LogP contribution is -2.06. The Bertz CT molecular complexity index is 750. The molecular formula is C13H10ClN3O5. The quantitative estimate of drug-likeness (QED) is 0.257. The SMILES string of the molecule is Nc1ccc(Nc2ccc(Cl)cc2OC(=O)O)c([N+](=O)[O-])c1. The fraction of sp³-hybridized carbons (Fsp3) is 0. The molecular weight excluding hydrogens is 314 g/mol. The molecule has 22 heavy (non-hydrogen) atoms. The number of nitrogens with one attached hydrogen (secondary N) is 1. The van der Waals surface area contributed by atoms with E-state index in [1.54, 1.807) is 0 Å².